The quantitative estimate of drug-likeness (QED) is 0.603. The Hall–Kier alpha value is -1.05. The molecule has 1 aliphatic carbocycles. The van der Waals surface area contributed by atoms with Crippen molar-refractivity contribution < 1.29 is 4.79 Å². The first-order chi connectivity index (χ1) is 5.12. The lowest BCUT2D eigenvalue weighted by Gasteiger charge is -2.27. The van der Waals surface area contributed by atoms with E-state index in [-0.39, 0.29) is 11.4 Å². The lowest BCUT2D eigenvalue weighted by atomic mass is 9.94. The van der Waals surface area contributed by atoms with E-state index in [2.05, 4.69) is 11.4 Å². The highest BCUT2D eigenvalue weighted by Crippen LogP contribution is 2.15. The van der Waals surface area contributed by atoms with Crippen molar-refractivity contribution in [1.82, 2.24) is 5.32 Å². The fourth-order valence-electron chi connectivity index (χ4n) is 1.22. The van der Waals surface area contributed by atoms with Crippen molar-refractivity contribution in [1.29, 1.82) is 0 Å². The molecular weight excluding hydrogens is 138 g/mol. The van der Waals surface area contributed by atoms with Crippen LogP contribution in [-0.4, -0.2) is 11.4 Å². The van der Waals surface area contributed by atoms with Crippen LogP contribution in [0.2, 0.25) is 0 Å². The van der Waals surface area contributed by atoms with Crippen LogP contribution in [0.1, 0.15) is 20.3 Å². The highest BCUT2D eigenvalue weighted by atomic mass is 16.1. The van der Waals surface area contributed by atoms with E-state index in [0.29, 0.717) is 0 Å². The van der Waals surface area contributed by atoms with E-state index in [1.54, 1.807) is 0 Å². The van der Waals surface area contributed by atoms with Crippen LogP contribution in [0, 0.1) is 0 Å². The summed E-state index contributed by atoms with van der Waals surface area (Å²) in [5.41, 5.74) is -0.166. The van der Waals surface area contributed by atoms with Gasteiger partial charge in [-0.25, -0.2) is 0 Å². The van der Waals surface area contributed by atoms with E-state index < -0.39 is 0 Å². The van der Waals surface area contributed by atoms with Crippen molar-refractivity contribution in [3.63, 3.8) is 0 Å². The number of rotatable bonds is 1. The summed E-state index contributed by atoms with van der Waals surface area (Å²) in [7, 11) is 0. The van der Waals surface area contributed by atoms with E-state index in [9.17, 15) is 4.79 Å². The summed E-state index contributed by atoms with van der Waals surface area (Å²) in [6, 6.07) is 0. The molecule has 60 valence electrons. The molecule has 0 radical (unpaired) electrons. The monoisotopic (exact) mass is 151 g/mol. The third kappa shape index (κ3) is 2.22. The molecule has 0 saturated heterocycles. The van der Waals surface area contributed by atoms with Crippen molar-refractivity contribution in [3.8, 4) is 0 Å². The molecule has 1 aliphatic rings. The zero-order valence-electron chi connectivity index (χ0n) is 6.92. The van der Waals surface area contributed by atoms with Crippen LogP contribution in [-0.2, 0) is 4.79 Å². The van der Waals surface area contributed by atoms with Crippen molar-refractivity contribution in [2.24, 2.45) is 0 Å². The van der Waals surface area contributed by atoms with Gasteiger partial charge < -0.3 is 5.32 Å². The average molecular weight is 151 g/mol. The maximum atomic E-state index is 10.7. The van der Waals surface area contributed by atoms with Gasteiger partial charge >= 0.3 is 0 Å². The topological polar surface area (TPSA) is 29.1 Å². The van der Waals surface area contributed by atoms with E-state index in [1.807, 2.05) is 25.2 Å². The molecular formula is C9H13NO. The molecule has 0 spiro atoms. The Bertz CT molecular complexity index is 218. The zero-order valence-corrected chi connectivity index (χ0v) is 6.92. The van der Waals surface area contributed by atoms with Gasteiger partial charge in [-0.05, 0) is 13.3 Å². The van der Waals surface area contributed by atoms with E-state index in [1.165, 1.54) is 6.92 Å². The van der Waals surface area contributed by atoms with Gasteiger partial charge in [-0.15, -0.1) is 0 Å². The Labute approximate surface area is 67.0 Å². The Balaban J connectivity index is 2.61. The molecule has 0 bridgehead atoms. The van der Waals surface area contributed by atoms with Gasteiger partial charge in [0.25, 0.3) is 0 Å². The van der Waals surface area contributed by atoms with Gasteiger partial charge in [0.1, 0.15) is 0 Å². The van der Waals surface area contributed by atoms with Gasteiger partial charge in [0, 0.05) is 6.92 Å². The van der Waals surface area contributed by atoms with Gasteiger partial charge in [0.15, 0.2) is 0 Å². The van der Waals surface area contributed by atoms with E-state index in [4.69, 9.17) is 0 Å². The summed E-state index contributed by atoms with van der Waals surface area (Å²) in [4.78, 5) is 10.7. The number of allylic oxidation sites excluding steroid dienone is 2. The molecule has 0 aliphatic heterocycles. The van der Waals surface area contributed by atoms with Gasteiger partial charge in [-0.3, -0.25) is 4.79 Å². The fourth-order valence-corrected chi connectivity index (χ4v) is 1.22. The largest absolute Gasteiger partial charge is 0.347 e. The average Bonchev–Trinajstić information content (AvgIpc) is 1.85. The van der Waals surface area contributed by atoms with Crippen LogP contribution in [0.5, 0.6) is 0 Å². The van der Waals surface area contributed by atoms with Crippen LogP contribution in [0.4, 0.5) is 0 Å². The highest BCUT2D eigenvalue weighted by molar-refractivity contribution is 5.74. The third-order valence-corrected chi connectivity index (χ3v) is 1.71. The molecule has 0 aromatic heterocycles. The van der Waals surface area contributed by atoms with Crippen LogP contribution in [0.25, 0.3) is 0 Å². The lowest BCUT2D eigenvalue weighted by molar-refractivity contribution is -0.120. The van der Waals surface area contributed by atoms with Crippen LogP contribution < -0.4 is 5.32 Å². The maximum Gasteiger partial charge on any atom is 0.217 e. The molecule has 1 unspecified atom stereocenters. The van der Waals surface area contributed by atoms with Gasteiger partial charge in [0.05, 0.1) is 5.54 Å². The van der Waals surface area contributed by atoms with Crippen LogP contribution in [0.15, 0.2) is 24.3 Å². The molecule has 1 N–H and O–H groups in total. The Morgan fingerprint density at radius 2 is 2.27 bits per heavy atom. The minimum atomic E-state index is -0.166. The molecule has 0 fully saturated rings. The minimum Gasteiger partial charge on any atom is -0.347 e. The number of nitrogens with one attached hydrogen (secondary N) is 1. The normalized spacial score (nSPS) is 28.5. The number of carbonyl (C=O) groups excluding carboxylic acids is 1. The highest BCUT2D eigenvalue weighted by Gasteiger charge is 2.20. The first-order valence-corrected chi connectivity index (χ1v) is 3.75. The van der Waals surface area contributed by atoms with Gasteiger partial charge in [-0.1, -0.05) is 24.3 Å². The summed E-state index contributed by atoms with van der Waals surface area (Å²) in [5.74, 6) is 0.0208. The first-order valence-electron chi connectivity index (χ1n) is 3.75. The SMILES string of the molecule is CC(=O)NC1(C)C=CC=CC1. The minimum absolute atomic E-state index is 0.0208. The summed E-state index contributed by atoms with van der Waals surface area (Å²) in [6.45, 7) is 3.55. The number of amides is 1. The number of carbonyl (C=O) groups is 1. The molecule has 0 saturated carbocycles. The van der Waals surface area contributed by atoms with E-state index >= 15 is 0 Å². The summed E-state index contributed by atoms with van der Waals surface area (Å²) < 4.78 is 0. The Morgan fingerprint density at radius 1 is 1.55 bits per heavy atom. The molecule has 11 heavy (non-hydrogen) atoms. The second-order valence-corrected chi connectivity index (χ2v) is 3.09. The van der Waals surface area contributed by atoms with Gasteiger partial charge in [-0.2, -0.15) is 0 Å². The van der Waals surface area contributed by atoms with Crippen molar-refractivity contribution in [2.45, 2.75) is 25.8 Å². The third-order valence-electron chi connectivity index (χ3n) is 1.71. The molecule has 1 atom stereocenters. The summed E-state index contributed by atoms with van der Waals surface area (Å²) in [5, 5.41) is 2.88. The van der Waals surface area contributed by atoms with Crippen molar-refractivity contribution in [2.75, 3.05) is 0 Å². The molecule has 0 heterocycles. The Kier molecular flexibility index (Phi) is 2.13. The van der Waals surface area contributed by atoms with Crippen LogP contribution >= 0.6 is 0 Å². The fraction of sp³-hybridized carbons (Fsp3) is 0.444. The van der Waals surface area contributed by atoms with Crippen LogP contribution in [0.3, 0.4) is 0 Å². The molecule has 2 nitrogen and oxygen atoms in total. The number of hydrogen-bond acceptors (Lipinski definition) is 1. The van der Waals surface area contributed by atoms with Crippen molar-refractivity contribution in [3.05, 3.63) is 24.3 Å². The Morgan fingerprint density at radius 3 is 2.73 bits per heavy atom. The lowest BCUT2D eigenvalue weighted by Crippen LogP contribution is -2.43. The van der Waals surface area contributed by atoms with Gasteiger partial charge in [0.2, 0.25) is 5.91 Å². The maximum absolute atomic E-state index is 10.7. The second kappa shape index (κ2) is 2.91. The smallest absolute Gasteiger partial charge is 0.217 e. The molecule has 0 aromatic rings. The van der Waals surface area contributed by atoms with E-state index in [0.717, 1.165) is 6.42 Å². The summed E-state index contributed by atoms with van der Waals surface area (Å²) in [6.07, 6.45) is 8.89. The number of hydrogen-bond donors (Lipinski definition) is 1. The standard InChI is InChI=1S/C9H13NO/c1-8(11)10-9(2)6-4-3-5-7-9/h3-6H,7H2,1-2H3,(H,10,11). The molecule has 2 heteroatoms. The summed E-state index contributed by atoms with van der Waals surface area (Å²) >= 11 is 0. The van der Waals surface area contributed by atoms with Crippen molar-refractivity contribution >= 4 is 5.91 Å². The molecule has 0 aromatic carbocycles. The first kappa shape index (κ1) is 8.05. The second-order valence-electron chi connectivity index (χ2n) is 3.09. The molecule has 1 rings (SSSR count). The predicted octanol–water partition coefficient (Wildman–Crippen LogP) is 1.40. The predicted molar refractivity (Wildman–Crippen MR) is 45.1 cm³/mol. The zero-order chi connectivity index (χ0) is 8.32. The molecule has 1 amide bonds.